The van der Waals surface area contributed by atoms with Crippen molar-refractivity contribution in [3.05, 3.63) is 0 Å². The number of likely N-dealkylation sites (N-methyl/N-ethyl adjacent to an activating group) is 1. The van der Waals surface area contributed by atoms with Crippen LogP contribution in [0.1, 0.15) is 32.6 Å². The minimum Gasteiger partial charge on any atom is -0.375 e. The van der Waals surface area contributed by atoms with E-state index in [-0.39, 0.29) is 5.91 Å². The third-order valence-corrected chi connectivity index (χ3v) is 4.46. The predicted molar refractivity (Wildman–Crippen MR) is 70.2 cm³/mol. The molecule has 1 aliphatic heterocycles. The molecule has 1 amide bonds. The van der Waals surface area contributed by atoms with Gasteiger partial charge in [-0.05, 0) is 26.8 Å². The second kappa shape index (κ2) is 5.55. The Kier molecular flexibility index (Phi) is 4.25. The molecule has 3 N–H and O–H groups in total. The third-order valence-electron chi connectivity index (χ3n) is 4.46. The fraction of sp³-hybridized carbons (Fsp3) is 0.923. The first-order valence-corrected chi connectivity index (χ1v) is 6.91. The molecule has 5 heteroatoms. The Labute approximate surface area is 109 Å². The molecule has 0 bridgehead atoms. The highest BCUT2D eigenvalue weighted by atomic mass is 16.5. The summed E-state index contributed by atoms with van der Waals surface area (Å²) in [5, 5.41) is 3.06. The van der Waals surface area contributed by atoms with Crippen LogP contribution in [0.25, 0.3) is 0 Å². The average molecular weight is 255 g/mol. The van der Waals surface area contributed by atoms with Crippen molar-refractivity contribution in [1.82, 2.24) is 10.2 Å². The zero-order valence-electron chi connectivity index (χ0n) is 11.4. The lowest BCUT2D eigenvalue weighted by atomic mass is 9.88. The van der Waals surface area contributed by atoms with Crippen molar-refractivity contribution in [3.63, 3.8) is 0 Å². The Hall–Kier alpha value is -0.650. The molecule has 1 aliphatic carbocycles. The first-order chi connectivity index (χ1) is 8.57. The number of hydrogen-bond acceptors (Lipinski definition) is 4. The van der Waals surface area contributed by atoms with Gasteiger partial charge in [-0.1, -0.05) is 12.8 Å². The predicted octanol–water partition coefficient (Wildman–Crippen LogP) is 0.0932. The van der Waals surface area contributed by atoms with Crippen LogP contribution in [0.3, 0.4) is 0 Å². The van der Waals surface area contributed by atoms with E-state index in [1.54, 1.807) is 7.05 Å². The van der Waals surface area contributed by atoms with Crippen molar-refractivity contribution >= 4 is 5.91 Å². The van der Waals surface area contributed by atoms with Crippen molar-refractivity contribution in [2.24, 2.45) is 5.73 Å². The molecule has 0 aromatic carbocycles. The molecule has 104 valence electrons. The van der Waals surface area contributed by atoms with Gasteiger partial charge in [-0.3, -0.25) is 9.69 Å². The highest BCUT2D eigenvalue weighted by Crippen LogP contribution is 2.29. The van der Waals surface area contributed by atoms with Gasteiger partial charge >= 0.3 is 0 Å². The third kappa shape index (κ3) is 2.68. The summed E-state index contributed by atoms with van der Waals surface area (Å²) >= 11 is 0. The first-order valence-electron chi connectivity index (χ1n) is 6.91. The normalized spacial score (nSPS) is 32.6. The van der Waals surface area contributed by atoms with Gasteiger partial charge in [0.15, 0.2) is 0 Å². The molecule has 1 saturated heterocycles. The number of amides is 1. The highest BCUT2D eigenvalue weighted by molar-refractivity contribution is 5.84. The lowest BCUT2D eigenvalue weighted by Gasteiger charge is -2.46. The topological polar surface area (TPSA) is 67.6 Å². The van der Waals surface area contributed by atoms with Crippen molar-refractivity contribution in [2.45, 2.75) is 50.3 Å². The molecular formula is C13H25N3O2. The van der Waals surface area contributed by atoms with Gasteiger partial charge in [0.25, 0.3) is 0 Å². The fourth-order valence-electron chi connectivity index (χ4n) is 3.06. The van der Waals surface area contributed by atoms with Crippen molar-refractivity contribution in [1.29, 1.82) is 0 Å². The zero-order valence-corrected chi connectivity index (χ0v) is 11.4. The number of ether oxygens (including phenoxy) is 1. The number of morpholine rings is 1. The second-order valence-corrected chi connectivity index (χ2v) is 5.68. The van der Waals surface area contributed by atoms with Crippen LogP contribution < -0.4 is 11.1 Å². The minimum atomic E-state index is -0.653. The standard InChI is InChI=1S/C13H25N3O2/c1-13(15-2,12(14)17)9-16-7-8-18-11-6-4-3-5-10(11)16/h10-11,15H,3-9H2,1-2H3,(H2,14,17). The van der Waals surface area contributed by atoms with E-state index >= 15 is 0 Å². The van der Waals surface area contributed by atoms with Crippen molar-refractivity contribution in [2.75, 3.05) is 26.7 Å². The van der Waals surface area contributed by atoms with Crippen LogP contribution in [0.5, 0.6) is 0 Å². The van der Waals surface area contributed by atoms with Gasteiger partial charge in [0.05, 0.1) is 12.7 Å². The number of carbonyl (C=O) groups excluding carboxylic acids is 1. The summed E-state index contributed by atoms with van der Waals surface area (Å²) in [6, 6.07) is 0.458. The first kappa shape index (κ1) is 13.8. The number of nitrogens with two attached hydrogens (primary N) is 1. The molecule has 2 fully saturated rings. The van der Waals surface area contributed by atoms with Crippen LogP contribution in [-0.2, 0) is 9.53 Å². The van der Waals surface area contributed by atoms with Gasteiger partial charge in [-0.15, -0.1) is 0 Å². The Morgan fingerprint density at radius 3 is 2.89 bits per heavy atom. The molecule has 0 aromatic heterocycles. The average Bonchev–Trinajstić information content (AvgIpc) is 2.39. The Bertz CT molecular complexity index is 309. The molecular weight excluding hydrogens is 230 g/mol. The number of primary amides is 1. The van der Waals surface area contributed by atoms with Crippen LogP contribution in [-0.4, -0.2) is 55.2 Å². The number of nitrogens with zero attached hydrogens (tertiary/aromatic N) is 1. The van der Waals surface area contributed by atoms with Gasteiger partial charge in [0.1, 0.15) is 5.54 Å². The molecule has 5 nitrogen and oxygen atoms in total. The van der Waals surface area contributed by atoms with Crippen LogP contribution in [0, 0.1) is 0 Å². The number of nitrogens with one attached hydrogen (secondary N) is 1. The monoisotopic (exact) mass is 255 g/mol. The summed E-state index contributed by atoms with van der Waals surface area (Å²) in [7, 11) is 1.80. The maximum absolute atomic E-state index is 11.6. The summed E-state index contributed by atoms with van der Waals surface area (Å²) in [5.41, 5.74) is 4.85. The molecule has 0 aromatic rings. The van der Waals surface area contributed by atoms with E-state index in [0.717, 1.165) is 19.6 Å². The van der Waals surface area contributed by atoms with Crippen LogP contribution in [0.2, 0.25) is 0 Å². The number of carbonyl (C=O) groups is 1. The van der Waals surface area contributed by atoms with Crippen molar-refractivity contribution in [3.8, 4) is 0 Å². The molecule has 3 atom stereocenters. The van der Waals surface area contributed by atoms with Crippen LogP contribution >= 0.6 is 0 Å². The zero-order chi connectivity index (χ0) is 13.2. The molecule has 1 saturated carbocycles. The van der Waals surface area contributed by atoms with Gasteiger partial charge in [-0.2, -0.15) is 0 Å². The second-order valence-electron chi connectivity index (χ2n) is 5.68. The van der Waals surface area contributed by atoms with E-state index in [4.69, 9.17) is 10.5 Å². The van der Waals surface area contributed by atoms with E-state index in [1.165, 1.54) is 19.3 Å². The number of rotatable bonds is 4. The maximum atomic E-state index is 11.6. The smallest absolute Gasteiger partial charge is 0.238 e. The number of fused-ring (bicyclic) bond motifs is 1. The van der Waals surface area contributed by atoms with E-state index in [2.05, 4.69) is 10.2 Å². The Morgan fingerprint density at radius 1 is 1.50 bits per heavy atom. The van der Waals surface area contributed by atoms with E-state index in [1.807, 2.05) is 6.92 Å². The van der Waals surface area contributed by atoms with Crippen molar-refractivity contribution < 1.29 is 9.53 Å². The quantitative estimate of drug-likeness (QED) is 0.747. The summed E-state index contributed by atoms with van der Waals surface area (Å²) in [6.45, 7) is 4.21. The summed E-state index contributed by atoms with van der Waals surface area (Å²) in [5.74, 6) is -0.288. The van der Waals surface area contributed by atoms with E-state index in [0.29, 0.717) is 18.7 Å². The Balaban J connectivity index is 2.04. The lowest BCUT2D eigenvalue weighted by molar-refractivity contribution is -0.128. The van der Waals surface area contributed by atoms with Gasteiger partial charge in [0.2, 0.25) is 5.91 Å². The van der Waals surface area contributed by atoms with Crippen LogP contribution in [0.15, 0.2) is 0 Å². The van der Waals surface area contributed by atoms with Gasteiger partial charge in [-0.25, -0.2) is 0 Å². The fourth-order valence-corrected chi connectivity index (χ4v) is 3.06. The van der Waals surface area contributed by atoms with E-state index in [9.17, 15) is 4.79 Å². The summed E-state index contributed by atoms with van der Waals surface area (Å²) < 4.78 is 5.84. The molecule has 3 unspecified atom stereocenters. The molecule has 0 radical (unpaired) electrons. The molecule has 2 rings (SSSR count). The number of hydrogen-bond donors (Lipinski definition) is 2. The maximum Gasteiger partial charge on any atom is 0.238 e. The highest BCUT2D eigenvalue weighted by Gasteiger charge is 2.39. The van der Waals surface area contributed by atoms with E-state index < -0.39 is 5.54 Å². The molecule has 1 heterocycles. The van der Waals surface area contributed by atoms with Crippen LogP contribution in [0.4, 0.5) is 0 Å². The molecule has 0 spiro atoms. The minimum absolute atomic E-state index is 0.288. The summed E-state index contributed by atoms with van der Waals surface area (Å²) in [6.07, 6.45) is 5.18. The Morgan fingerprint density at radius 2 is 2.22 bits per heavy atom. The molecule has 18 heavy (non-hydrogen) atoms. The summed E-state index contributed by atoms with van der Waals surface area (Å²) in [4.78, 5) is 14.0. The largest absolute Gasteiger partial charge is 0.375 e. The molecule has 2 aliphatic rings. The van der Waals surface area contributed by atoms with Gasteiger partial charge < -0.3 is 15.8 Å². The van der Waals surface area contributed by atoms with Gasteiger partial charge in [0, 0.05) is 19.1 Å². The lowest BCUT2D eigenvalue weighted by Crippen LogP contribution is -2.63. The SMILES string of the molecule is CNC(C)(CN1CCOC2CCCCC21)C(N)=O.